The quantitative estimate of drug-likeness (QED) is 0.447. The maximum absolute atomic E-state index is 13.5. The normalized spacial score (nSPS) is 15.2. The number of carbonyl (C=O) groups is 2. The van der Waals surface area contributed by atoms with Crippen LogP contribution >= 0.6 is 11.6 Å². The lowest BCUT2D eigenvalue weighted by molar-refractivity contribution is -0.141. The van der Waals surface area contributed by atoms with Gasteiger partial charge in [-0.2, -0.15) is 0 Å². The van der Waals surface area contributed by atoms with Gasteiger partial charge in [0.2, 0.25) is 11.8 Å². The molecular formula is C29H39ClN2O2. The number of nitrogens with zero attached hydrogens (tertiary/aromatic N) is 1. The van der Waals surface area contributed by atoms with Gasteiger partial charge < -0.3 is 10.2 Å². The molecule has 0 aromatic heterocycles. The van der Waals surface area contributed by atoms with Crippen molar-refractivity contribution in [2.24, 2.45) is 0 Å². The maximum atomic E-state index is 13.5. The first-order chi connectivity index (χ1) is 16.2. The molecule has 1 aliphatic carbocycles. The third-order valence-corrected chi connectivity index (χ3v) is 7.20. The number of nitrogens with one attached hydrogen (secondary N) is 1. The van der Waals surface area contributed by atoms with Gasteiger partial charge in [-0.25, -0.2) is 0 Å². The summed E-state index contributed by atoms with van der Waals surface area (Å²) in [4.78, 5) is 28.5. The Labute approximate surface area is 210 Å². The third kappa shape index (κ3) is 7.09. The van der Waals surface area contributed by atoms with E-state index in [4.69, 9.17) is 11.6 Å². The summed E-state index contributed by atoms with van der Waals surface area (Å²) in [5, 5.41) is 3.81. The first-order valence-electron chi connectivity index (χ1n) is 12.6. The van der Waals surface area contributed by atoms with Gasteiger partial charge in [-0.15, -0.1) is 0 Å². The molecule has 2 amide bonds. The molecule has 1 atom stereocenters. The van der Waals surface area contributed by atoms with E-state index in [0.29, 0.717) is 30.8 Å². The summed E-state index contributed by atoms with van der Waals surface area (Å²) >= 11 is 6.42. The maximum Gasteiger partial charge on any atom is 0.243 e. The Bertz CT molecular complexity index is 959. The average Bonchev–Trinajstić information content (AvgIpc) is 3.31. The Kier molecular flexibility index (Phi) is 9.18. The van der Waals surface area contributed by atoms with E-state index < -0.39 is 6.04 Å². The lowest BCUT2D eigenvalue weighted by atomic mass is 9.86. The number of carbonyl (C=O) groups excluding carboxylic acids is 2. The Morgan fingerprint density at radius 2 is 1.71 bits per heavy atom. The molecular weight excluding hydrogens is 444 g/mol. The molecule has 0 unspecified atom stereocenters. The standard InChI is InChI=1S/C29H39ClN2O2/c1-5-26(28(34)31-24-11-7-8-12-24)32(20-22-10-6-9-13-25(22)30)27(33)19-16-21-14-17-23(18-15-21)29(2,3)4/h6,9-10,13-15,17-18,24,26H,5,7-8,11-12,16,19-20H2,1-4H3,(H,31,34)/t26-/m0/s1. The van der Waals surface area contributed by atoms with Crippen molar-refractivity contribution in [1.82, 2.24) is 10.2 Å². The zero-order valence-electron chi connectivity index (χ0n) is 21.1. The fourth-order valence-electron chi connectivity index (χ4n) is 4.66. The minimum absolute atomic E-state index is 0.0201. The molecule has 0 radical (unpaired) electrons. The van der Waals surface area contributed by atoms with Crippen molar-refractivity contribution in [3.05, 3.63) is 70.2 Å². The van der Waals surface area contributed by atoms with Crippen molar-refractivity contribution in [2.75, 3.05) is 0 Å². The molecule has 0 bridgehead atoms. The van der Waals surface area contributed by atoms with Crippen LogP contribution in [0.2, 0.25) is 5.02 Å². The molecule has 1 N–H and O–H groups in total. The van der Waals surface area contributed by atoms with Gasteiger partial charge in [0.25, 0.3) is 0 Å². The Morgan fingerprint density at radius 3 is 2.29 bits per heavy atom. The van der Waals surface area contributed by atoms with Gasteiger partial charge in [0.05, 0.1) is 0 Å². The smallest absolute Gasteiger partial charge is 0.243 e. The Morgan fingerprint density at radius 1 is 1.06 bits per heavy atom. The van der Waals surface area contributed by atoms with Crippen molar-refractivity contribution in [1.29, 1.82) is 0 Å². The minimum atomic E-state index is -0.507. The molecule has 0 saturated heterocycles. The minimum Gasteiger partial charge on any atom is -0.352 e. The summed E-state index contributed by atoms with van der Waals surface area (Å²) < 4.78 is 0. The molecule has 184 valence electrons. The fraction of sp³-hybridized carbons (Fsp3) is 0.517. The van der Waals surface area contributed by atoms with E-state index in [-0.39, 0.29) is 23.3 Å². The zero-order chi connectivity index (χ0) is 24.7. The largest absolute Gasteiger partial charge is 0.352 e. The summed E-state index contributed by atoms with van der Waals surface area (Å²) in [7, 11) is 0. The predicted molar refractivity (Wildman–Crippen MR) is 140 cm³/mol. The fourth-order valence-corrected chi connectivity index (χ4v) is 4.86. The molecule has 4 nitrogen and oxygen atoms in total. The van der Waals surface area contributed by atoms with Crippen LogP contribution in [0.15, 0.2) is 48.5 Å². The van der Waals surface area contributed by atoms with Crippen molar-refractivity contribution in [3.63, 3.8) is 0 Å². The number of amides is 2. The topological polar surface area (TPSA) is 49.4 Å². The van der Waals surface area contributed by atoms with E-state index in [1.54, 1.807) is 4.90 Å². The second kappa shape index (κ2) is 11.9. The number of benzene rings is 2. The first kappa shape index (κ1) is 26.3. The highest BCUT2D eigenvalue weighted by Crippen LogP contribution is 2.24. The molecule has 34 heavy (non-hydrogen) atoms. The summed E-state index contributed by atoms with van der Waals surface area (Å²) in [5.74, 6) is -0.0717. The molecule has 1 saturated carbocycles. The monoisotopic (exact) mass is 482 g/mol. The van der Waals surface area contributed by atoms with E-state index in [1.807, 2.05) is 31.2 Å². The molecule has 0 heterocycles. The van der Waals surface area contributed by atoms with Gasteiger partial charge in [-0.1, -0.05) is 94.6 Å². The van der Waals surface area contributed by atoms with Crippen LogP contribution in [0.4, 0.5) is 0 Å². The van der Waals surface area contributed by atoms with Crippen molar-refractivity contribution in [2.45, 2.75) is 96.7 Å². The molecule has 0 aliphatic heterocycles. The second-order valence-electron chi connectivity index (χ2n) is 10.5. The van der Waals surface area contributed by atoms with Crippen molar-refractivity contribution < 1.29 is 9.59 Å². The second-order valence-corrected chi connectivity index (χ2v) is 10.9. The average molecular weight is 483 g/mol. The molecule has 3 rings (SSSR count). The van der Waals surface area contributed by atoms with Crippen LogP contribution < -0.4 is 5.32 Å². The van der Waals surface area contributed by atoms with Crippen molar-refractivity contribution in [3.8, 4) is 0 Å². The van der Waals surface area contributed by atoms with E-state index >= 15 is 0 Å². The Hall–Kier alpha value is -2.33. The third-order valence-electron chi connectivity index (χ3n) is 6.83. The van der Waals surface area contributed by atoms with Crippen LogP contribution in [0.3, 0.4) is 0 Å². The van der Waals surface area contributed by atoms with Gasteiger partial charge in [0.15, 0.2) is 0 Å². The molecule has 0 spiro atoms. The number of hydrogen-bond donors (Lipinski definition) is 1. The van der Waals surface area contributed by atoms with Crippen LogP contribution in [-0.4, -0.2) is 28.8 Å². The van der Waals surface area contributed by atoms with Crippen LogP contribution in [0.5, 0.6) is 0 Å². The van der Waals surface area contributed by atoms with Crippen LogP contribution in [0, 0.1) is 0 Å². The SMILES string of the molecule is CC[C@@H](C(=O)NC1CCCC1)N(Cc1ccccc1Cl)C(=O)CCc1ccc(C(C)(C)C)cc1. The van der Waals surface area contributed by atoms with Gasteiger partial charge >= 0.3 is 0 Å². The molecule has 5 heteroatoms. The molecule has 2 aromatic rings. The molecule has 2 aromatic carbocycles. The van der Waals surface area contributed by atoms with Crippen LogP contribution in [-0.2, 0) is 28.0 Å². The number of hydrogen-bond acceptors (Lipinski definition) is 2. The van der Waals surface area contributed by atoms with Crippen LogP contribution in [0.25, 0.3) is 0 Å². The van der Waals surface area contributed by atoms with Crippen LogP contribution in [0.1, 0.15) is 82.9 Å². The van der Waals surface area contributed by atoms with E-state index in [2.05, 4.69) is 50.4 Å². The number of rotatable bonds is 9. The van der Waals surface area contributed by atoms with Gasteiger partial charge in [-0.3, -0.25) is 9.59 Å². The van der Waals surface area contributed by atoms with E-state index in [1.165, 1.54) is 5.56 Å². The first-order valence-corrected chi connectivity index (χ1v) is 13.0. The predicted octanol–water partition coefficient (Wildman–Crippen LogP) is 6.44. The van der Waals surface area contributed by atoms with Gasteiger partial charge in [0.1, 0.15) is 6.04 Å². The van der Waals surface area contributed by atoms with Gasteiger partial charge in [0, 0.05) is 24.0 Å². The molecule has 1 aliphatic rings. The van der Waals surface area contributed by atoms with Crippen molar-refractivity contribution >= 4 is 23.4 Å². The highest BCUT2D eigenvalue weighted by atomic mass is 35.5. The molecule has 1 fully saturated rings. The summed E-state index contributed by atoms with van der Waals surface area (Å²) in [6.45, 7) is 8.88. The summed E-state index contributed by atoms with van der Waals surface area (Å²) in [6, 6.07) is 15.8. The highest BCUT2D eigenvalue weighted by molar-refractivity contribution is 6.31. The van der Waals surface area contributed by atoms with Gasteiger partial charge in [-0.05, 0) is 53.9 Å². The van der Waals surface area contributed by atoms with E-state index in [9.17, 15) is 9.59 Å². The van der Waals surface area contributed by atoms with E-state index in [0.717, 1.165) is 36.8 Å². The highest BCUT2D eigenvalue weighted by Gasteiger charge is 2.30. The lowest BCUT2D eigenvalue weighted by Crippen LogP contribution is -2.51. The summed E-state index contributed by atoms with van der Waals surface area (Å²) in [5.41, 5.74) is 3.36. The lowest BCUT2D eigenvalue weighted by Gasteiger charge is -2.32. The Balaban J connectivity index is 1.75. The summed E-state index contributed by atoms with van der Waals surface area (Å²) in [6.07, 6.45) is 5.90. The number of aryl methyl sites for hydroxylation is 1. The number of halogens is 1. The zero-order valence-corrected chi connectivity index (χ0v) is 21.8.